The third-order valence-electron chi connectivity index (χ3n) is 5.37. The number of hydrogen-bond acceptors (Lipinski definition) is 3. The van der Waals surface area contributed by atoms with Crippen molar-refractivity contribution in [3.63, 3.8) is 0 Å². The molecule has 0 amide bonds. The van der Waals surface area contributed by atoms with Gasteiger partial charge in [0.05, 0.1) is 10.6 Å². The lowest BCUT2D eigenvalue weighted by Gasteiger charge is -2.08. The summed E-state index contributed by atoms with van der Waals surface area (Å²) < 4.78 is 4.87. The van der Waals surface area contributed by atoms with Crippen LogP contribution in [0.15, 0.2) is 91.1 Å². The summed E-state index contributed by atoms with van der Waals surface area (Å²) in [5, 5.41) is 2.61. The van der Waals surface area contributed by atoms with Gasteiger partial charge in [0.1, 0.15) is 5.82 Å². The van der Waals surface area contributed by atoms with Crippen molar-refractivity contribution in [2.45, 2.75) is 6.92 Å². The summed E-state index contributed by atoms with van der Waals surface area (Å²) in [7, 11) is 0. The highest BCUT2D eigenvalue weighted by Crippen LogP contribution is 2.37. The van der Waals surface area contributed by atoms with Crippen molar-refractivity contribution in [3.8, 4) is 27.6 Å². The lowest BCUT2D eigenvalue weighted by atomic mass is 10.1. The quantitative estimate of drug-likeness (QED) is 0.283. The number of rotatable bonds is 3. The predicted octanol–water partition coefficient (Wildman–Crippen LogP) is 7.94. The van der Waals surface area contributed by atoms with Crippen molar-refractivity contribution < 1.29 is 0 Å². The Morgan fingerprint density at radius 3 is 2.37 bits per heavy atom. The maximum atomic E-state index is 5.05. The van der Waals surface area contributed by atoms with Gasteiger partial charge in [0.2, 0.25) is 0 Å². The van der Waals surface area contributed by atoms with E-state index in [1.54, 1.807) is 11.3 Å². The second-order valence-corrected chi connectivity index (χ2v) is 9.75. The van der Waals surface area contributed by atoms with E-state index in [4.69, 9.17) is 4.98 Å². The summed E-state index contributed by atoms with van der Waals surface area (Å²) in [6.45, 7) is 2.14. The molecular formula is C26H18N2S2. The Bertz CT molecular complexity index is 1500. The van der Waals surface area contributed by atoms with Gasteiger partial charge in [-0.15, -0.1) is 22.7 Å². The second-order valence-electron chi connectivity index (χ2n) is 7.37. The average Bonchev–Trinajstić information content (AvgIpc) is 3.50. The van der Waals surface area contributed by atoms with Crippen molar-refractivity contribution in [2.24, 2.45) is 0 Å². The highest BCUT2D eigenvalue weighted by Gasteiger charge is 2.15. The van der Waals surface area contributed by atoms with E-state index >= 15 is 0 Å². The molecule has 0 atom stereocenters. The van der Waals surface area contributed by atoms with E-state index in [0.717, 1.165) is 22.8 Å². The molecule has 0 N–H and O–H groups in total. The fourth-order valence-corrected chi connectivity index (χ4v) is 5.83. The average molecular weight is 423 g/mol. The minimum Gasteiger partial charge on any atom is -0.299 e. The van der Waals surface area contributed by atoms with Crippen molar-refractivity contribution in [3.05, 3.63) is 96.0 Å². The van der Waals surface area contributed by atoms with Crippen LogP contribution in [0.5, 0.6) is 0 Å². The van der Waals surface area contributed by atoms with Gasteiger partial charge < -0.3 is 0 Å². The van der Waals surface area contributed by atoms with Crippen LogP contribution in [-0.2, 0) is 0 Å². The van der Waals surface area contributed by atoms with Gasteiger partial charge in [0.25, 0.3) is 0 Å². The number of thiophene rings is 2. The molecule has 0 spiro atoms. The van der Waals surface area contributed by atoms with E-state index in [-0.39, 0.29) is 0 Å². The van der Waals surface area contributed by atoms with Gasteiger partial charge in [-0.25, -0.2) is 4.98 Å². The molecular weight excluding hydrogens is 404 g/mol. The summed E-state index contributed by atoms with van der Waals surface area (Å²) in [6, 6.07) is 30.1. The molecule has 30 heavy (non-hydrogen) atoms. The molecule has 144 valence electrons. The van der Waals surface area contributed by atoms with Crippen LogP contribution in [0.4, 0.5) is 0 Å². The molecule has 0 aliphatic rings. The van der Waals surface area contributed by atoms with Gasteiger partial charge in [-0.1, -0.05) is 48.5 Å². The Labute approximate surface area is 182 Å². The minimum absolute atomic E-state index is 0.968. The van der Waals surface area contributed by atoms with Gasteiger partial charge >= 0.3 is 0 Å². The molecule has 0 radical (unpaired) electrons. The fourth-order valence-electron chi connectivity index (χ4n) is 3.92. The molecule has 2 nitrogen and oxygen atoms in total. The van der Waals surface area contributed by atoms with Crippen molar-refractivity contribution in [1.29, 1.82) is 0 Å². The van der Waals surface area contributed by atoms with Crippen molar-refractivity contribution in [2.75, 3.05) is 0 Å². The number of fused-ring (bicyclic) bond motifs is 3. The van der Waals surface area contributed by atoms with Gasteiger partial charge in [0, 0.05) is 42.5 Å². The van der Waals surface area contributed by atoms with E-state index < -0.39 is 0 Å². The van der Waals surface area contributed by atoms with E-state index in [2.05, 4.69) is 96.6 Å². The van der Waals surface area contributed by atoms with Crippen LogP contribution >= 0.6 is 22.7 Å². The molecule has 0 aliphatic carbocycles. The Kier molecular flexibility index (Phi) is 4.08. The molecule has 6 aromatic rings. The van der Waals surface area contributed by atoms with Crippen LogP contribution in [0, 0.1) is 6.92 Å². The lowest BCUT2D eigenvalue weighted by molar-refractivity contribution is 1.07. The zero-order valence-electron chi connectivity index (χ0n) is 16.4. The number of nitrogens with zero attached hydrogens (tertiary/aromatic N) is 2. The largest absolute Gasteiger partial charge is 0.299 e. The standard InChI is InChI=1S/C26H18N2S2/c1-17-11-13-25(29-17)22-16-28(26(27-22)18-7-3-2-4-8-18)19-12-14-24-21(15-19)20-9-5-6-10-23(20)30-24/h2-16H,1H3. The molecule has 3 aromatic carbocycles. The Morgan fingerprint density at radius 1 is 0.733 bits per heavy atom. The molecule has 0 saturated heterocycles. The fraction of sp³-hybridized carbons (Fsp3) is 0.0385. The highest BCUT2D eigenvalue weighted by atomic mass is 32.1. The summed E-state index contributed by atoms with van der Waals surface area (Å²) >= 11 is 3.63. The summed E-state index contributed by atoms with van der Waals surface area (Å²) in [5.74, 6) is 0.968. The number of benzene rings is 3. The first kappa shape index (κ1) is 17.6. The van der Waals surface area contributed by atoms with E-state index in [1.807, 2.05) is 17.4 Å². The maximum Gasteiger partial charge on any atom is 0.145 e. The molecule has 0 saturated carbocycles. The first-order valence-corrected chi connectivity index (χ1v) is 11.5. The first-order chi connectivity index (χ1) is 14.8. The monoisotopic (exact) mass is 422 g/mol. The molecule has 6 rings (SSSR count). The summed E-state index contributed by atoms with van der Waals surface area (Å²) in [5.41, 5.74) is 3.27. The third kappa shape index (κ3) is 2.88. The predicted molar refractivity (Wildman–Crippen MR) is 130 cm³/mol. The Morgan fingerprint density at radius 2 is 1.53 bits per heavy atom. The molecule has 0 aliphatic heterocycles. The van der Waals surface area contributed by atoms with Crippen LogP contribution in [0.1, 0.15) is 4.88 Å². The zero-order valence-corrected chi connectivity index (χ0v) is 18.0. The Balaban J connectivity index is 1.59. The first-order valence-electron chi connectivity index (χ1n) is 9.89. The van der Waals surface area contributed by atoms with Crippen molar-refractivity contribution in [1.82, 2.24) is 9.55 Å². The molecule has 0 bridgehead atoms. The lowest BCUT2D eigenvalue weighted by Crippen LogP contribution is -1.95. The van der Waals surface area contributed by atoms with E-state index in [1.165, 1.54) is 29.9 Å². The second kappa shape index (κ2) is 6.94. The summed E-state index contributed by atoms with van der Waals surface area (Å²) in [4.78, 5) is 7.54. The van der Waals surface area contributed by atoms with Crippen LogP contribution < -0.4 is 0 Å². The minimum atomic E-state index is 0.968. The van der Waals surface area contributed by atoms with Gasteiger partial charge in [0.15, 0.2) is 0 Å². The number of imidazole rings is 1. The number of hydrogen-bond donors (Lipinski definition) is 0. The van der Waals surface area contributed by atoms with Crippen LogP contribution in [0.25, 0.3) is 47.8 Å². The SMILES string of the molecule is Cc1ccc(-c2cn(-c3ccc4sc5ccccc5c4c3)c(-c3ccccc3)n2)s1. The van der Waals surface area contributed by atoms with E-state index in [9.17, 15) is 0 Å². The highest BCUT2D eigenvalue weighted by molar-refractivity contribution is 7.25. The van der Waals surface area contributed by atoms with Crippen molar-refractivity contribution >= 4 is 42.8 Å². The van der Waals surface area contributed by atoms with Crippen LogP contribution in [-0.4, -0.2) is 9.55 Å². The Hall–Kier alpha value is -3.21. The maximum absolute atomic E-state index is 5.05. The third-order valence-corrected chi connectivity index (χ3v) is 7.54. The van der Waals surface area contributed by atoms with Gasteiger partial charge in [-0.3, -0.25) is 4.57 Å². The van der Waals surface area contributed by atoms with Gasteiger partial charge in [-0.2, -0.15) is 0 Å². The topological polar surface area (TPSA) is 17.8 Å². The zero-order chi connectivity index (χ0) is 20.1. The molecule has 3 aromatic heterocycles. The smallest absolute Gasteiger partial charge is 0.145 e. The molecule has 3 heterocycles. The van der Waals surface area contributed by atoms with Crippen LogP contribution in [0.3, 0.4) is 0 Å². The molecule has 0 unspecified atom stereocenters. The number of aromatic nitrogens is 2. The molecule has 4 heteroatoms. The van der Waals surface area contributed by atoms with E-state index in [0.29, 0.717) is 0 Å². The summed E-state index contributed by atoms with van der Waals surface area (Å²) in [6.07, 6.45) is 2.17. The number of aryl methyl sites for hydroxylation is 1. The van der Waals surface area contributed by atoms with Crippen LogP contribution in [0.2, 0.25) is 0 Å². The normalized spacial score (nSPS) is 11.5. The van der Waals surface area contributed by atoms with Gasteiger partial charge in [-0.05, 0) is 43.3 Å². The molecule has 0 fully saturated rings.